The van der Waals surface area contributed by atoms with E-state index in [4.69, 9.17) is 14.2 Å². The van der Waals surface area contributed by atoms with Crippen molar-refractivity contribution in [2.45, 2.75) is 13.0 Å². The van der Waals surface area contributed by atoms with Crippen LogP contribution in [0.1, 0.15) is 29.0 Å². The van der Waals surface area contributed by atoms with Gasteiger partial charge in [0, 0.05) is 16.5 Å². The average Bonchev–Trinajstić information content (AvgIpc) is 3.15. The van der Waals surface area contributed by atoms with Crippen molar-refractivity contribution in [3.8, 4) is 11.5 Å². The number of carbonyl (C=O) groups excluding carboxylic acids is 2. The molecule has 1 heterocycles. The van der Waals surface area contributed by atoms with Gasteiger partial charge in [0.25, 0.3) is 5.91 Å². The van der Waals surface area contributed by atoms with Crippen LogP contribution in [0.4, 0.5) is 0 Å². The van der Waals surface area contributed by atoms with Crippen LogP contribution in [-0.2, 0) is 9.53 Å². The fourth-order valence-electron chi connectivity index (χ4n) is 2.93. The summed E-state index contributed by atoms with van der Waals surface area (Å²) < 4.78 is 15.7. The number of para-hydroxylation sites is 1. The molecule has 146 valence electrons. The lowest BCUT2D eigenvalue weighted by Gasteiger charge is -2.18. The van der Waals surface area contributed by atoms with Gasteiger partial charge in [-0.2, -0.15) is 0 Å². The standard InChI is InChI=1S/C21H22N2O5/c1-13(16-11-15(26-2)8-9-19(16)27-3)22-20(24)12-28-21(25)18-10-14-6-4-5-7-17(14)23-18/h4-11,13,23H,12H2,1-3H3,(H,22,24). The Morgan fingerprint density at radius 2 is 1.86 bits per heavy atom. The second-order valence-electron chi connectivity index (χ2n) is 6.24. The molecule has 0 saturated heterocycles. The maximum absolute atomic E-state index is 12.2. The lowest BCUT2D eigenvalue weighted by molar-refractivity contribution is -0.124. The molecule has 1 atom stereocenters. The first-order valence-corrected chi connectivity index (χ1v) is 8.78. The number of methoxy groups -OCH3 is 2. The number of aromatic amines is 1. The van der Waals surface area contributed by atoms with E-state index in [1.165, 1.54) is 0 Å². The predicted octanol–water partition coefficient (Wildman–Crippen LogP) is 3.22. The number of carbonyl (C=O) groups is 2. The highest BCUT2D eigenvalue weighted by Gasteiger charge is 2.17. The number of H-pyrrole nitrogens is 1. The first kappa shape index (κ1) is 19.3. The van der Waals surface area contributed by atoms with Crippen molar-refractivity contribution in [3.63, 3.8) is 0 Å². The van der Waals surface area contributed by atoms with E-state index < -0.39 is 11.9 Å². The van der Waals surface area contributed by atoms with Crippen molar-refractivity contribution < 1.29 is 23.8 Å². The molecule has 1 amide bonds. The van der Waals surface area contributed by atoms with Gasteiger partial charge in [0.2, 0.25) is 0 Å². The van der Waals surface area contributed by atoms with Crippen LogP contribution in [0.3, 0.4) is 0 Å². The number of nitrogens with one attached hydrogen (secondary N) is 2. The Balaban J connectivity index is 1.60. The quantitative estimate of drug-likeness (QED) is 0.613. The molecular weight excluding hydrogens is 360 g/mol. The molecule has 1 aromatic heterocycles. The topological polar surface area (TPSA) is 89.7 Å². The van der Waals surface area contributed by atoms with Crippen LogP contribution < -0.4 is 14.8 Å². The van der Waals surface area contributed by atoms with Crippen molar-refractivity contribution in [3.05, 3.63) is 59.8 Å². The number of benzene rings is 2. The summed E-state index contributed by atoms with van der Waals surface area (Å²) in [5.74, 6) is 0.283. The molecule has 0 aliphatic carbocycles. The molecule has 0 spiro atoms. The highest BCUT2D eigenvalue weighted by molar-refractivity contribution is 5.95. The molecule has 0 radical (unpaired) electrons. The molecule has 1 unspecified atom stereocenters. The molecule has 0 bridgehead atoms. The molecule has 0 aliphatic heterocycles. The van der Waals surface area contributed by atoms with E-state index in [2.05, 4.69) is 10.3 Å². The number of ether oxygens (including phenoxy) is 3. The molecule has 7 heteroatoms. The second-order valence-corrected chi connectivity index (χ2v) is 6.24. The van der Waals surface area contributed by atoms with Crippen LogP contribution in [0.25, 0.3) is 10.9 Å². The Hall–Kier alpha value is -3.48. The summed E-state index contributed by atoms with van der Waals surface area (Å²) in [6, 6.07) is 14.2. The Kier molecular flexibility index (Phi) is 5.84. The number of hydrogen-bond donors (Lipinski definition) is 2. The lowest BCUT2D eigenvalue weighted by Crippen LogP contribution is -2.31. The van der Waals surface area contributed by atoms with E-state index in [0.29, 0.717) is 17.2 Å². The predicted molar refractivity (Wildman–Crippen MR) is 105 cm³/mol. The molecule has 0 saturated carbocycles. The van der Waals surface area contributed by atoms with Crippen molar-refractivity contribution in [2.75, 3.05) is 20.8 Å². The van der Waals surface area contributed by atoms with E-state index in [1.54, 1.807) is 38.5 Å². The highest BCUT2D eigenvalue weighted by Crippen LogP contribution is 2.29. The van der Waals surface area contributed by atoms with Gasteiger partial charge >= 0.3 is 5.97 Å². The monoisotopic (exact) mass is 382 g/mol. The first-order chi connectivity index (χ1) is 13.5. The van der Waals surface area contributed by atoms with Gasteiger partial charge in [-0.3, -0.25) is 4.79 Å². The Labute approximate surface area is 162 Å². The average molecular weight is 382 g/mol. The maximum atomic E-state index is 12.2. The van der Waals surface area contributed by atoms with Gasteiger partial charge in [-0.1, -0.05) is 18.2 Å². The van der Waals surface area contributed by atoms with Crippen LogP contribution in [0.5, 0.6) is 11.5 Å². The second kappa shape index (κ2) is 8.47. The molecule has 2 N–H and O–H groups in total. The zero-order valence-electron chi connectivity index (χ0n) is 15.9. The van der Waals surface area contributed by atoms with Crippen molar-refractivity contribution in [1.82, 2.24) is 10.3 Å². The molecular formula is C21H22N2O5. The van der Waals surface area contributed by atoms with Gasteiger partial charge in [-0.15, -0.1) is 0 Å². The van der Waals surface area contributed by atoms with Crippen molar-refractivity contribution in [2.24, 2.45) is 0 Å². The Morgan fingerprint density at radius 3 is 2.57 bits per heavy atom. The Bertz CT molecular complexity index is 962. The third kappa shape index (κ3) is 4.25. The Morgan fingerprint density at radius 1 is 1.07 bits per heavy atom. The third-order valence-electron chi connectivity index (χ3n) is 4.37. The van der Waals surface area contributed by atoms with Crippen LogP contribution in [0.15, 0.2) is 48.5 Å². The molecule has 2 aromatic carbocycles. The largest absolute Gasteiger partial charge is 0.497 e. The summed E-state index contributed by atoms with van der Waals surface area (Å²) in [5, 5.41) is 3.69. The number of hydrogen-bond acceptors (Lipinski definition) is 5. The van der Waals surface area contributed by atoms with Gasteiger partial charge in [0.05, 0.1) is 20.3 Å². The molecule has 3 aromatic rings. The van der Waals surface area contributed by atoms with Crippen LogP contribution in [-0.4, -0.2) is 37.7 Å². The minimum Gasteiger partial charge on any atom is -0.497 e. The minimum atomic E-state index is -0.585. The van der Waals surface area contributed by atoms with E-state index in [9.17, 15) is 9.59 Å². The van der Waals surface area contributed by atoms with Gasteiger partial charge < -0.3 is 24.5 Å². The van der Waals surface area contributed by atoms with Gasteiger partial charge in [0.1, 0.15) is 17.2 Å². The zero-order valence-corrected chi connectivity index (χ0v) is 15.9. The van der Waals surface area contributed by atoms with E-state index >= 15 is 0 Å². The fourth-order valence-corrected chi connectivity index (χ4v) is 2.93. The number of aromatic nitrogens is 1. The van der Waals surface area contributed by atoms with Gasteiger partial charge in [-0.25, -0.2) is 4.79 Å². The van der Waals surface area contributed by atoms with E-state index in [1.807, 2.05) is 31.2 Å². The van der Waals surface area contributed by atoms with Crippen LogP contribution >= 0.6 is 0 Å². The van der Waals surface area contributed by atoms with Crippen LogP contribution in [0, 0.1) is 0 Å². The summed E-state index contributed by atoms with van der Waals surface area (Å²) in [6.45, 7) is 1.43. The lowest BCUT2D eigenvalue weighted by atomic mass is 10.1. The molecule has 28 heavy (non-hydrogen) atoms. The zero-order chi connectivity index (χ0) is 20.1. The number of esters is 1. The maximum Gasteiger partial charge on any atom is 0.355 e. The number of rotatable bonds is 7. The summed E-state index contributed by atoms with van der Waals surface area (Å²) in [6.07, 6.45) is 0. The summed E-state index contributed by atoms with van der Waals surface area (Å²) >= 11 is 0. The molecule has 0 aliphatic rings. The number of amides is 1. The smallest absolute Gasteiger partial charge is 0.355 e. The van der Waals surface area contributed by atoms with Crippen molar-refractivity contribution in [1.29, 1.82) is 0 Å². The first-order valence-electron chi connectivity index (χ1n) is 8.78. The fraction of sp³-hybridized carbons (Fsp3) is 0.238. The SMILES string of the molecule is COc1ccc(OC)c(C(C)NC(=O)COC(=O)c2cc3ccccc3[nH]2)c1. The highest BCUT2D eigenvalue weighted by atomic mass is 16.5. The third-order valence-corrected chi connectivity index (χ3v) is 4.37. The van der Waals surface area contributed by atoms with Gasteiger partial charge in [-0.05, 0) is 37.3 Å². The summed E-state index contributed by atoms with van der Waals surface area (Å²) in [4.78, 5) is 27.4. The minimum absolute atomic E-state index is 0.302. The van der Waals surface area contributed by atoms with E-state index in [-0.39, 0.29) is 12.6 Å². The molecule has 0 fully saturated rings. The molecule has 3 rings (SSSR count). The summed E-state index contributed by atoms with van der Waals surface area (Å²) in [5.41, 5.74) is 1.89. The normalized spacial score (nSPS) is 11.7. The van der Waals surface area contributed by atoms with Crippen LogP contribution in [0.2, 0.25) is 0 Å². The summed E-state index contributed by atoms with van der Waals surface area (Å²) in [7, 11) is 3.13. The number of fused-ring (bicyclic) bond motifs is 1. The van der Waals surface area contributed by atoms with E-state index in [0.717, 1.165) is 16.5 Å². The van der Waals surface area contributed by atoms with Gasteiger partial charge in [0.15, 0.2) is 6.61 Å². The molecule has 7 nitrogen and oxygen atoms in total. The van der Waals surface area contributed by atoms with Crippen molar-refractivity contribution >= 4 is 22.8 Å².